The summed E-state index contributed by atoms with van der Waals surface area (Å²) in [7, 11) is 3.77. The second kappa shape index (κ2) is 6.96. The third-order valence-corrected chi connectivity index (χ3v) is 5.13. The van der Waals surface area contributed by atoms with E-state index in [1.165, 1.54) is 10.9 Å². The predicted octanol–water partition coefficient (Wildman–Crippen LogP) is 1.65. The van der Waals surface area contributed by atoms with E-state index >= 15 is 0 Å². The summed E-state index contributed by atoms with van der Waals surface area (Å²) in [5.41, 5.74) is 0.834. The minimum Gasteiger partial charge on any atom is -0.307 e. The number of rotatable bonds is 3. The summed E-state index contributed by atoms with van der Waals surface area (Å²) in [5.74, 6) is 0.445. The van der Waals surface area contributed by atoms with Crippen LogP contribution < -0.4 is 10.9 Å². The summed E-state index contributed by atoms with van der Waals surface area (Å²) >= 11 is 0. The molecule has 1 fully saturated rings. The molecule has 1 N–H and O–H groups in total. The van der Waals surface area contributed by atoms with Gasteiger partial charge in [-0.25, -0.2) is 9.67 Å². The van der Waals surface area contributed by atoms with Crippen molar-refractivity contribution in [2.75, 3.05) is 25.5 Å². The monoisotopic (exact) mass is 366 g/mol. The Kier molecular flexibility index (Phi) is 4.49. The normalized spacial score (nSPS) is 15.9. The Morgan fingerprint density at radius 3 is 2.74 bits per heavy atom. The van der Waals surface area contributed by atoms with Crippen LogP contribution in [0.15, 0.2) is 41.6 Å². The van der Waals surface area contributed by atoms with E-state index in [2.05, 4.69) is 27.3 Å². The Morgan fingerprint density at radius 2 is 1.96 bits per heavy atom. The number of aromatic nitrogens is 4. The molecule has 3 aromatic rings. The molecule has 27 heavy (non-hydrogen) atoms. The van der Waals surface area contributed by atoms with Gasteiger partial charge in [0.2, 0.25) is 0 Å². The van der Waals surface area contributed by atoms with Gasteiger partial charge in [0.05, 0.1) is 29.5 Å². The number of carbonyl (C=O) groups is 1. The Hall–Kier alpha value is -3.00. The quantitative estimate of drug-likeness (QED) is 0.762. The van der Waals surface area contributed by atoms with Gasteiger partial charge in [0, 0.05) is 18.7 Å². The molecular weight excluding hydrogens is 344 g/mol. The maximum atomic E-state index is 12.7. The van der Waals surface area contributed by atoms with Gasteiger partial charge in [-0.1, -0.05) is 0 Å². The second-order valence-corrected chi connectivity index (χ2v) is 7.04. The summed E-state index contributed by atoms with van der Waals surface area (Å²) in [5, 5.41) is 7.85. The molecule has 1 aromatic carbocycles. The van der Waals surface area contributed by atoms with Gasteiger partial charge in [0.15, 0.2) is 0 Å². The first-order valence-electron chi connectivity index (χ1n) is 9.02. The summed E-state index contributed by atoms with van der Waals surface area (Å²) < 4.78 is 3.32. The molecule has 8 nitrogen and oxygen atoms in total. The van der Waals surface area contributed by atoms with Crippen molar-refractivity contribution < 1.29 is 4.79 Å². The SMILES string of the molecule is CN1CCC(n2nccc2NC(=O)c2ccc3c(=O)n(C)cnc3c2)CC1. The van der Waals surface area contributed by atoms with E-state index in [0.29, 0.717) is 22.3 Å². The lowest BCUT2D eigenvalue weighted by Crippen LogP contribution is -2.32. The molecule has 4 rings (SSSR count). The number of nitrogens with one attached hydrogen (secondary N) is 1. The Balaban J connectivity index is 1.57. The summed E-state index contributed by atoms with van der Waals surface area (Å²) in [4.78, 5) is 31.4. The fourth-order valence-corrected chi connectivity index (χ4v) is 3.48. The van der Waals surface area contributed by atoms with Crippen LogP contribution in [0.1, 0.15) is 29.2 Å². The second-order valence-electron chi connectivity index (χ2n) is 7.04. The van der Waals surface area contributed by atoms with E-state index in [0.717, 1.165) is 25.9 Å². The molecule has 8 heteroatoms. The fourth-order valence-electron chi connectivity index (χ4n) is 3.48. The zero-order valence-corrected chi connectivity index (χ0v) is 15.4. The van der Waals surface area contributed by atoms with Crippen LogP contribution in [0.4, 0.5) is 5.82 Å². The third kappa shape index (κ3) is 3.35. The van der Waals surface area contributed by atoms with Crippen LogP contribution in [0.2, 0.25) is 0 Å². The molecule has 3 heterocycles. The molecule has 1 saturated heterocycles. The number of aryl methyl sites for hydroxylation is 1. The smallest absolute Gasteiger partial charge is 0.260 e. The molecule has 0 saturated carbocycles. The van der Waals surface area contributed by atoms with Crippen molar-refractivity contribution in [2.45, 2.75) is 18.9 Å². The largest absolute Gasteiger partial charge is 0.307 e. The van der Waals surface area contributed by atoms with Crippen molar-refractivity contribution in [1.82, 2.24) is 24.2 Å². The first kappa shape index (κ1) is 17.4. The van der Waals surface area contributed by atoms with E-state index in [1.807, 2.05) is 10.7 Å². The van der Waals surface area contributed by atoms with Gasteiger partial charge < -0.3 is 14.8 Å². The minimum absolute atomic E-state index is 0.132. The number of hydrogen-bond donors (Lipinski definition) is 1. The highest BCUT2D eigenvalue weighted by atomic mass is 16.1. The first-order chi connectivity index (χ1) is 13.0. The Bertz CT molecular complexity index is 1050. The standard InChI is InChI=1S/C19H22N6O2/c1-23-9-6-14(7-10-23)25-17(5-8-21-25)22-18(26)13-3-4-15-16(11-13)20-12-24(2)19(15)27/h3-5,8,11-12,14H,6-7,9-10H2,1-2H3,(H,22,26). The highest BCUT2D eigenvalue weighted by Crippen LogP contribution is 2.25. The highest BCUT2D eigenvalue weighted by Gasteiger charge is 2.21. The molecule has 0 atom stereocenters. The van der Waals surface area contributed by atoms with Gasteiger partial charge in [-0.15, -0.1) is 0 Å². The van der Waals surface area contributed by atoms with E-state index in [-0.39, 0.29) is 17.5 Å². The zero-order chi connectivity index (χ0) is 19.0. The Labute approximate surface area is 156 Å². The molecule has 2 aromatic heterocycles. The maximum absolute atomic E-state index is 12.7. The van der Waals surface area contributed by atoms with Crippen LogP contribution in [0.3, 0.4) is 0 Å². The molecular formula is C19H22N6O2. The van der Waals surface area contributed by atoms with Gasteiger partial charge in [0.1, 0.15) is 5.82 Å². The van der Waals surface area contributed by atoms with Crippen molar-refractivity contribution in [3.8, 4) is 0 Å². The first-order valence-corrected chi connectivity index (χ1v) is 9.02. The molecule has 0 spiro atoms. The summed E-state index contributed by atoms with van der Waals surface area (Å²) in [6.45, 7) is 2.03. The third-order valence-electron chi connectivity index (χ3n) is 5.13. The molecule has 0 unspecified atom stereocenters. The van der Waals surface area contributed by atoms with Crippen LogP contribution in [-0.2, 0) is 7.05 Å². The average Bonchev–Trinajstić information content (AvgIpc) is 3.13. The molecule has 1 aliphatic rings. The van der Waals surface area contributed by atoms with Crippen molar-refractivity contribution in [3.05, 3.63) is 52.7 Å². The molecule has 140 valence electrons. The predicted molar refractivity (Wildman–Crippen MR) is 103 cm³/mol. The number of hydrogen-bond acceptors (Lipinski definition) is 5. The zero-order valence-electron chi connectivity index (χ0n) is 15.4. The van der Waals surface area contributed by atoms with Crippen LogP contribution in [0, 0.1) is 0 Å². The molecule has 0 bridgehead atoms. The van der Waals surface area contributed by atoms with Gasteiger partial charge in [-0.2, -0.15) is 5.10 Å². The maximum Gasteiger partial charge on any atom is 0.260 e. The van der Waals surface area contributed by atoms with Crippen molar-refractivity contribution in [2.24, 2.45) is 7.05 Å². The lowest BCUT2D eigenvalue weighted by atomic mass is 10.1. The van der Waals surface area contributed by atoms with Crippen LogP contribution in [0.5, 0.6) is 0 Å². The summed E-state index contributed by atoms with van der Waals surface area (Å²) in [6.07, 6.45) is 5.18. The van der Waals surface area contributed by atoms with Crippen molar-refractivity contribution in [3.63, 3.8) is 0 Å². The fraction of sp³-hybridized carbons (Fsp3) is 0.368. The number of carbonyl (C=O) groups excluding carboxylic acids is 1. The number of anilines is 1. The van der Waals surface area contributed by atoms with Crippen LogP contribution >= 0.6 is 0 Å². The molecule has 0 aliphatic carbocycles. The molecule has 1 aliphatic heterocycles. The number of likely N-dealkylation sites (tertiary alicyclic amines) is 1. The van der Waals surface area contributed by atoms with Crippen LogP contribution in [0.25, 0.3) is 10.9 Å². The van der Waals surface area contributed by atoms with Gasteiger partial charge in [-0.3, -0.25) is 9.59 Å². The van der Waals surface area contributed by atoms with Crippen LogP contribution in [-0.4, -0.2) is 50.3 Å². The number of nitrogens with zero attached hydrogens (tertiary/aromatic N) is 5. The van der Waals surface area contributed by atoms with Gasteiger partial charge in [0.25, 0.3) is 11.5 Å². The minimum atomic E-state index is -0.242. The number of fused-ring (bicyclic) bond motifs is 1. The van der Waals surface area contributed by atoms with Gasteiger partial charge >= 0.3 is 0 Å². The lowest BCUT2D eigenvalue weighted by molar-refractivity contribution is 0.102. The summed E-state index contributed by atoms with van der Waals surface area (Å²) in [6, 6.07) is 7.03. The van der Waals surface area contributed by atoms with Crippen molar-refractivity contribution >= 4 is 22.6 Å². The molecule has 0 radical (unpaired) electrons. The van der Waals surface area contributed by atoms with E-state index in [4.69, 9.17) is 0 Å². The van der Waals surface area contributed by atoms with Crippen molar-refractivity contribution in [1.29, 1.82) is 0 Å². The van der Waals surface area contributed by atoms with E-state index < -0.39 is 0 Å². The van der Waals surface area contributed by atoms with E-state index in [1.54, 1.807) is 31.4 Å². The van der Waals surface area contributed by atoms with E-state index in [9.17, 15) is 9.59 Å². The molecule has 1 amide bonds. The topological polar surface area (TPSA) is 85.0 Å². The number of amides is 1. The number of piperidine rings is 1. The Morgan fingerprint density at radius 1 is 1.19 bits per heavy atom. The lowest BCUT2D eigenvalue weighted by Gasteiger charge is -2.30. The number of benzene rings is 1. The average molecular weight is 366 g/mol. The highest BCUT2D eigenvalue weighted by molar-refractivity contribution is 6.05. The van der Waals surface area contributed by atoms with Gasteiger partial charge in [-0.05, 0) is 51.2 Å².